The van der Waals surface area contributed by atoms with Gasteiger partial charge in [0.1, 0.15) is 0 Å². The summed E-state index contributed by atoms with van der Waals surface area (Å²) in [5, 5.41) is 3.62. The van der Waals surface area contributed by atoms with Crippen LogP contribution in [-0.2, 0) is 4.79 Å². The molecule has 1 unspecified atom stereocenters. The van der Waals surface area contributed by atoms with E-state index >= 15 is 0 Å². The van der Waals surface area contributed by atoms with Gasteiger partial charge in [-0.15, -0.1) is 18.3 Å². The first kappa shape index (κ1) is 16.7. The molecular weight excluding hydrogens is 314 g/mol. The van der Waals surface area contributed by atoms with Crippen LogP contribution >= 0.6 is 23.4 Å². The van der Waals surface area contributed by atoms with Crippen LogP contribution in [0.2, 0.25) is 5.02 Å². The van der Waals surface area contributed by atoms with Crippen molar-refractivity contribution < 1.29 is 4.79 Å². The number of benzene rings is 2. The zero-order valence-corrected chi connectivity index (χ0v) is 13.7. The maximum atomic E-state index is 11.8. The topological polar surface area (TPSA) is 29.1 Å². The molecule has 0 saturated carbocycles. The van der Waals surface area contributed by atoms with Gasteiger partial charge in [0.15, 0.2) is 0 Å². The van der Waals surface area contributed by atoms with Crippen molar-refractivity contribution in [3.8, 4) is 0 Å². The largest absolute Gasteiger partial charge is 0.352 e. The van der Waals surface area contributed by atoms with Crippen LogP contribution in [-0.4, -0.2) is 18.2 Å². The summed E-state index contributed by atoms with van der Waals surface area (Å²) < 4.78 is 0. The molecule has 0 aliphatic heterocycles. The SMILES string of the molecule is C=CCNC(=O)CSC(c1ccccc1)c1ccc(Cl)cc1. The third-order valence-corrected chi connectivity index (χ3v) is 4.66. The van der Waals surface area contributed by atoms with E-state index < -0.39 is 0 Å². The molecule has 0 heterocycles. The van der Waals surface area contributed by atoms with Crippen molar-refractivity contribution in [2.45, 2.75) is 5.25 Å². The summed E-state index contributed by atoms with van der Waals surface area (Å²) in [6.07, 6.45) is 1.68. The van der Waals surface area contributed by atoms with Crippen LogP contribution in [0.15, 0.2) is 67.3 Å². The summed E-state index contributed by atoms with van der Waals surface area (Å²) in [6.45, 7) is 4.09. The van der Waals surface area contributed by atoms with Gasteiger partial charge in [0.05, 0.1) is 11.0 Å². The van der Waals surface area contributed by atoms with E-state index in [1.165, 1.54) is 5.56 Å². The van der Waals surface area contributed by atoms with Gasteiger partial charge in [-0.1, -0.05) is 60.1 Å². The lowest BCUT2D eigenvalue weighted by molar-refractivity contribution is -0.118. The van der Waals surface area contributed by atoms with Gasteiger partial charge in [-0.2, -0.15) is 0 Å². The highest BCUT2D eigenvalue weighted by atomic mass is 35.5. The number of hydrogen-bond donors (Lipinski definition) is 1. The van der Waals surface area contributed by atoms with Gasteiger partial charge in [0.2, 0.25) is 5.91 Å². The minimum atomic E-state index is 0.0137. The van der Waals surface area contributed by atoms with Crippen LogP contribution in [0.3, 0.4) is 0 Å². The zero-order valence-electron chi connectivity index (χ0n) is 12.2. The number of amides is 1. The van der Waals surface area contributed by atoms with E-state index in [1.807, 2.05) is 42.5 Å². The van der Waals surface area contributed by atoms with E-state index in [2.05, 4.69) is 24.0 Å². The van der Waals surface area contributed by atoms with Crippen molar-refractivity contribution in [3.05, 3.63) is 83.4 Å². The second kappa shape index (κ2) is 8.66. The summed E-state index contributed by atoms with van der Waals surface area (Å²) in [7, 11) is 0. The van der Waals surface area contributed by atoms with Gasteiger partial charge in [-0.3, -0.25) is 4.79 Å². The molecule has 0 aliphatic carbocycles. The van der Waals surface area contributed by atoms with Crippen LogP contribution in [0.1, 0.15) is 16.4 Å². The zero-order chi connectivity index (χ0) is 15.8. The first-order chi connectivity index (χ1) is 10.7. The number of carbonyl (C=O) groups excluding carboxylic acids is 1. The molecule has 114 valence electrons. The Labute approximate surface area is 140 Å². The van der Waals surface area contributed by atoms with Crippen LogP contribution in [0, 0.1) is 0 Å². The molecule has 0 fully saturated rings. The van der Waals surface area contributed by atoms with Crippen molar-refractivity contribution >= 4 is 29.3 Å². The Bertz CT molecular complexity index is 613. The highest BCUT2D eigenvalue weighted by Gasteiger charge is 2.16. The minimum absolute atomic E-state index is 0.0137. The average molecular weight is 332 g/mol. The van der Waals surface area contributed by atoms with Crippen molar-refractivity contribution in [2.24, 2.45) is 0 Å². The number of halogens is 1. The molecule has 22 heavy (non-hydrogen) atoms. The van der Waals surface area contributed by atoms with Crippen LogP contribution in [0.5, 0.6) is 0 Å². The van der Waals surface area contributed by atoms with E-state index in [0.29, 0.717) is 17.3 Å². The van der Waals surface area contributed by atoms with Crippen molar-refractivity contribution in [2.75, 3.05) is 12.3 Å². The Kier molecular flexibility index (Phi) is 6.56. The van der Waals surface area contributed by atoms with E-state index in [-0.39, 0.29) is 11.2 Å². The second-order valence-corrected chi connectivity index (χ2v) is 6.28. The average Bonchev–Trinajstić information content (AvgIpc) is 2.55. The smallest absolute Gasteiger partial charge is 0.230 e. The van der Waals surface area contributed by atoms with Crippen LogP contribution in [0.25, 0.3) is 0 Å². The fraction of sp³-hybridized carbons (Fsp3) is 0.167. The number of nitrogens with one attached hydrogen (secondary N) is 1. The summed E-state index contributed by atoms with van der Waals surface area (Å²) in [4.78, 5) is 11.8. The first-order valence-corrected chi connectivity index (χ1v) is 8.43. The monoisotopic (exact) mass is 331 g/mol. The van der Waals surface area contributed by atoms with Crippen molar-refractivity contribution in [1.82, 2.24) is 5.32 Å². The molecule has 2 aromatic rings. The lowest BCUT2D eigenvalue weighted by Crippen LogP contribution is -2.25. The van der Waals surface area contributed by atoms with Crippen LogP contribution < -0.4 is 5.32 Å². The van der Waals surface area contributed by atoms with E-state index in [4.69, 9.17) is 11.6 Å². The molecule has 2 aromatic carbocycles. The summed E-state index contributed by atoms with van der Waals surface area (Å²) in [6, 6.07) is 17.9. The van der Waals surface area contributed by atoms with Gasteiger partial charge in [0.25, 0.3) is 0 Å². The van der Waals surface area contributed by atoms with Gasteiger partial charge in [-0.25, -0.2) is 0 Å². The molecule has 2 rings (SSSR count). The molecule has 0 bridgehead atoms. The normalized spacial score (nSPS) is 11.7. The summed E-state index contributed by atoms with van der Waals surface area (Å²) in [5.41, 5.74) is 2.31. The molecule has 1 N–H and O–H groups in total. The molecule has 0 aliphatic rings. The Morgan fingerprint density at radius 1 is 1.14 bits per heavy atom. The van der Waals surface area contributed by atoms with Gasteiger partial charge in [-0.05, 0) is 23.3 Å². The van der Waals surface area contributed by atoms with Crippen molar-refractivity contribution in [1.29, 1.82) is 0 Å². The summed E-state index contributed by atoms with van der Waals surface area (Å²) in [5.74, 6) is 0.413. The predicted octanol–water partition coefficient (Wildman–Crippen LogP) is 4.46. The number of rotatable bonds is 7. The Morgan fingerprint density at radius 3 is 2.41 bits per heavy atom. The molecule has 1 atom stereocenters. The minimum Gasteiger partial charge on any atom is -0.352 e. The molecule has 0 radical (unpaired) electrons. The third-order valence-electron chi connectivity index (χ3n) is 3.10. The molecule has 0 aromatic heterocycles. The first-order valence-electron chi connectivity index (χ1n) is 7.00. The molecule has 1 amide bonds. The maximum absolute atomic E-state index is 11.8. The van der Waals surface area contributed by atoms with Crippen LogP contribution in [0.4, 0.5) is 0 Å². The van der Waals surface area contributed by atoms with E-state index in [9.17, 15) is 4.79 Å². The Balaban J connectivity index is 2.14. The molecule has 2 nitrogen and oxygen atoms in total. The number of thioether (sulfide) groups is 1. The Hall–Kier alpha value is -1.71. The van der Waals surface area contributed by atoms with E-state index in [0.717, 1.165) is 5.56 Å². The number of carbonyl (C=O) groups is 1. The van der Waals surface area contributed by atoms with Gasteiger partial charge >= 0.3 is 0 Å². The highest BCUT2D eigenvalue weighted by molar-refractivity contribution is 8.00. The second-order valence-electron chi connectivity index (χ2n) is 4.75. The fourth-order valence-corrected chi connectivity index (χ4v) is 3.29. The molecular formula is C18H18ClNOS. The fourth-order valence-electron chi connectivity index (χ4n) is 2.05. The Morgan fingerprint density at radius 2 is 1.77 bits per heavy atom. The van der Waals surface area contributed by atoms with Gasteiger partial charge < -0.3 is 5.32 Å². The molecule has 0 spiro atoms. The predicted molar refractivity (Wildman–Crippen MR) is 95.4 cm³/mol. The lowest BCUT2D eigenvalue weighted by Gasteiger charge is -2.17. The quantitative estimate of drug-likeness (QED) is 0.759. The molecule has 4 heteroatoms. The summed E-state index contributed by atoms with van der Waals surface area (Å²) >= 11 is 7.57. The maximum Gasteiger partial charge on any atom is 0.230 e. The number of hydrogen-bond acceptors (Lipinski definition) is 2. The van der Waals surface area contributed by atoms with E-state index in [1.54, 1.807) is 17.8 Å². The van der Waals surface area contributed by atoms with Gasteiger partial charge in [0, 0.05) is 11.6 Å². The third kappa shape index (κ3) is 4.93. The molecule has 0 saturated heterocycles. The lowest BCUT2D eigenvalue weighted by atomic mass is 10.0. The standard InChI is InChI=1S/C18H18ClNOS/c1-2-12-20-17(21)13-22-18(14-6-4-3-5-7-14)15-8-10-16(19)11-9-15/h2-11,18H,1,12-13H2,(H,20,21). The highest BCUT2D eigenvalue weighted by Crippen LogP contribution is 2.35. The van der Waals surface area contributed by atoms with Crippen molar-refractivity contribution in [3.63, 3.8) is 0 Å².